The molecule has 0 bridgehead atoms. The summed E-state index contributed by atoms with van der Waals surface area (Å²) in [5, 5.41) is 6.28. The van der Waals surface area contributed by atoms with Crippen molar-refractivity contribution in [3.8, 4) is 0 Å². The molecular weight excluding hydrogens is 236 g/mol. The van der Waals surface area contributed by atoms with Crippen LogP contribution in [0.2, 0.25) is 0 Å². The van der Waals surface area contributed by atoms with E-state index in [4.69, 9.17) is 0 Å². The smallest absolute Gasteiger partial charge is 0.227 e. The van der Waals surface area contributed by atoms with E-state index in [0.717, 1.165) is 32.4 Å². The molecule has 100 valence electrons. The van der Waals surface area contributed by atoms with Gasteiger partial charge < -0.3 is 10.6 Å². The fourth-order valence-corrected chi connectivity index (χ4v) is 3.30. The minimum Gasteiger partial charge on any atom is -0.352 e. The number of carbonyl (C=O) groups excluding carboxylic acids is 1. The molecule has 5 heteroatoms. The summed E-state index contributed by atoms with van der Waals surface area (Å²) >= 11 is 0. The molecule has 0 aromatic rings. The molecule has 1 fully saturated rings. The van der Waals surface area contributed by atoms with Gasteiger partial charge in [-0.1, -0.05) is 13.3 Å². The second-order valence-electron chi connectivity index (χ2n) is 5.07. The second-order valence-corrected chi connectivity index (χ2v) is 6.55. The number of hydrogen-bond donors (Lipinski definition) is 2. The molecule has 3 atom stereocenters. The number of nitrogens with one attached hydrogen (secondary N) is 2. The van der Waals surface area contributed by atoms with Gasteiger partial charge in [-0.25, -0.2) is 0 Å². The van der Waals surface area contributed by atoms with E-state index in [1.54, 1.807) is 6.26 Å². The van der Waals surface area contributed by atoms with Crippen molar-refractivity contribution in [3.05, 3.63) is 0 Å². The number of hydrogen-bond acceptors (Lipinski definition) is 3. The van der Waals surface area contributed by atoms with Crippen LogP contribution < -0.4 is 10.6 Å². The predicted octanol–water partition coefficient (Wildman–Crippen LogP) is 0.649. The van der Waals surface area contributed by atoms with E-state index < -0.39 is 10.8 Å². The summed E-state index contributed by atoms with van der Waals surface area (Å²) in [5.41, 5.74) is -0.238. The van der Waals surface area contributed by atoms with Gasteiger partial charge >= 0.3 is 0 Å². The Morgan fingerprint density at radius 3 is 2.76 bits per heavy atom. The molecule has 1 aliphatic rings. The van der Waals surface area contributed by atoms with Gasteiger partial charge in [-0.2, -0.15) is 0 Å². The fourth-order valence-electron chi connectivity index (χ4n) is 2.51. The predicted molar refractivity (Wildman–Crippen MR) is 71.4 cm³/mol. The molecule has 1 aliphatic heterocycles. The van der Waals surface area contributed by atoms with Crippen molar-refractivity contribution in [1.82, 2.24) is 10.6 Å². The third-order valence-corrected chi connectivity index (χ3v) is 4.29. The van der Waals surface area contributed by atoms with Crippen LogP contribution in [-0.4, -0.2) is 41.3 Å². The SMILES string of the molecule is CCCC1(C(=O)NC(C)CS(C)=O)CCNC1. The fraction of sp³-hybridized carbons (Fsp3) is 0.917. The van der Waals surface area contributed by atoms with Gasteiger partial charge in [0, 0.05) is 35.4 Å². The van der Waals surface area contributed by atoms with Crippen molar-refractivity contribution in [1.29, 1.82) is 0 Å². The molecule has 4 nitrogen and oxygen atoms in total. The zero-order chi connectivity index (χ0) is 12.9. The molecule has 0 radical (unpaired) electrons. The number of amides is 1. The van der Waals surface area contributed by atoms with E-state index in [2.05, 4.69) is 17.6 Å². The Morgan fingerprint density at radius 2 is 2.29 bits per heavy atom. The molecule has 1 saturated heterocycles. The van der Waals surface area contributed by atoms with Gasteiger partial charge in [0.1, 0.15) is 0 Å². The van der Waals surface area contributed by atoms with Crippen LogP contribution in [0.3, 0.4) is 0 Å². The van der Waals surface area contributed by atoms with E-state index in [1.807, 2.05) is 6.92 Å². The molecule has 17 heavy (non-hydrogen) atoms. The van der Waals surface area contributed by atoms with Gasteiger partial charge in [0.05, 0.1) is 5.41 Å². The summed E-state index contributed by atoms with van der Waals surface area (Å²) in [7, 11) is -0.861. The summed E-state index contributed by atoms with van der Waals surface area (Å²) in [5.74, 6) is 0.656. The van der Waals surface area contributed by atoms with Crippen LogP contribution in [0.4, 0.5) is 0 Å². The Balaban J connectivity index is 2.57. The van der Waals surface area contributed by atoms with Crippen LogP contribution in [0.1, 0.15) is 33.1 Å². The molecule has 3 unspecified atom stereocenters. The lowest BCUT2D eigenvalue weighted by Gasteiger charge is -2.28. The van der Waals surface area contributed by atoms with Gasteiger partial charge in [0.2, 0.25) is 5.91 Å². The summed E-state index contributed by atoms with van der Waals surface area (Å²) in [6.45, 7) is 5.72. The maximum Gasteiger partial charge on any atom is 0.227 e. The lowest BCUT2D eigenvalue weighted by molar-refractivity contribution is -0.131. The summed E-state index contributed by atoms with van der Waals surface area (Å²) in [6.07, 6.45) is 4.52. The maximum absolute atomic E-state index is 12.3. The minimum absolute atomic E-state index is 0.0114. The van der Waals surface area contributed by atoms with Crippen LogP contribution in [0.5, 0.6) is 0 Å². The van der Waals surface area contributed by atoms with Crippen molar-refractivity contribution in [3.63, 3.8) is 0 Å². The highest BCUT2D eigenvalue weighted by molar-refractivity contribution is 7.84. The molecule has 1 rings (SSSR count). The Morgan fingerprint density at radius 1 is 1.59 bits per heavy atom. The normalized spacial score (nSPS) is 27.7. The van der Waals surface area contributed by atoms with E-state index in [1.165, 1.54) is 0 Å². The molecule has 0 aromatic heterocycles. The average Bonchev–Trinajstić information content (AvgIpc) is 2.66. The van der Waals surface area contributed by atoms with E-state index in [-0.39, 0.29) is 17.4 Å². The zero-order valence-electron chi connectivity index (χ0n) is 11.0. The largest absolute Gasteiger partial charge is 0.352 e. The van der Waals surface area contributed by atoms with E-state index in [0.29, 0.717) is 5.75 Å². The van der Waals surface area contributed by atoms with Gasteiger partial charge in [0.15, 0.2) is 0 Å². The Kier molecular flexibility index (Phi) is 5.59. The van der Waals surface area contributed by atoms with Gasteiger partial charge in [-0.15, -0.1) is 0 Å². The molecule has 1 amide bonds. The van der Waals surface area contributed by atoms with Crippen molar-refractivity contribution >= 4 is 16.7 Å². The first-order chi connectivity index (χ1) is 8.00. The average molecular weight is 260 g/mol. The summed E-state index contributed by atoms with van der Waals surface area (Å²) < 4.78 is 11.1. The van der Waals surface area contributed by atoms with Crippen LogP contribution in [0.15, 0.2) is 0 Å². The minimum atomic E-state index is -0.861. The van der Waals surface area contributed by atoms with Crippen LogP contribution >= 0.6 is 0 Å². The van der Waals surface area contributed by atoms with Crippen molar-refractivity contribution in [2.45, 2.75) is 39.2 Å². The van der Waals surface area contributed by atoms with Crippen molar-refractivity contribution in [2.24, 2.45) is 5.41 Å². The molecule has 0 aromatic carbocycles. The molecule has 1 heterocycles. The highest BCUT2D eigenvalue weighted by Crippen LogP contribution is 2.31. The van der Waals surface area contributed by atoms with E-state index >= 15 is 0 Å². The van der Waals surface area contributed by atoms with Gasteiger partial charge in [-0.05, 0) is 26.3 Å². The number of rotatable bonds is 6. The van der Waals surface area contributed by atoms with E-state index in [9.17, 15) is 9.00 Å². The van der Waals surface area contributed by atoms with Crippen LogP contribution in [0, 0.1) is 5.41 Å². The highest BCUT2D eigenvalue weighted by atomic mass is 32.2. The van der Waals surface area contributed by atoms with Gasteiger partial charge in [0.25, 0.3) is 0 Å². The molecule has 0 spiro atoms. The quantitative estimate of drug-likeness (QED) is 0.737. The molecular formula is C12H24N2O2S. The Labute approximate surface area is 106 Å². The lowest BCUT2D eigenvalue weighted by atomic mass is 9.81. The first kappa shape index (κ1) is 14.6. The van der Waals surface area contributed by atoms with Crippen molar-refractivity contribution in [2.75, 3.05) is 25.1 Å². The Bertz CT molecular complexity index is 288. The molecule has 0 saturated carbocycles. The molecule has 2 N–H and O–H groups in total. The lowest BCUT2D eigenvalue weighted by Crippen LogP contribution is -2.47. The topological polar surface area (TPSA) is 58.2 Å². The Hall–Kier alpha value is -0.420. The standard InChI is InChI=1S/C12H24N2O2S/c1-4-5-12(6-7-13-9-12)11(15)14-10(2)8-17(3)16/h10,13H,4-9H2,1-3H3,(H,14,15). The van der Waals surface area contributed by atoms with Crippen LogP contribution in [0.25, 0.3) is 0 Å². The maximum atomic E-state index is 12.3. The third-order valence-electron chi connectivity index (χ3n) is 3.32. The summed E-state index contributed by atoms with van der Waals surface area (Å²) in [6, 6.07) is -0.0114. The van der Waals surface area contributed by atoms with Crippen molar-refractivity contribution < 1.29 is 9.00 Å². The first-order valence-electron chi connectivity index (χ1n) is 6.32. The van der Waals surface area contributed by atoms with Crippen LogP contribution in [-0.2, 0) is 15.6 Å². The second kappa shape index (κ2) is 6.50. The number of carbonyl (C=O) groups is 1. The zero-order valence-corrected chi connectivity index (χ0v) is 11.9. The summed E-state index contributed by atoms with van der Waals surface area (Å²) in [4.78, 5) is 12.3. The molecule has 0 aliphatic carbocycles. The van der Waals surface area contributed by atoms with Gasteiger partial charge in [-0.3, -0.25) is 9.00 Å². The highest BCUT2D eigenvalue weighted by Gasteiger charge is 2.40. The first-order valence-corrected chi connectivity index (χ1v) is 8.04. The monoisotopic (exact) mass is 260 g/mol. The third kappa shape index (κ3) is 4.07.